The maximum Gasteiger partial charge on any atom is 0.338 e. The number of carbonyl (C=O) groups excluding carboxylic acids is 1. The maximum absolute atomic E-state index is 11.7. The lowest BCUT2D eigenvalue weighted by atomic mass is 10.2. The number of aliphatic hydroxyl groups excluding tert-OH is 1. The molecule has 4 nitrogen and oxygen atoms in total. The Balaban J connectivity index is 2.88. The molecule has 0 radical (unpaired) electrons. The minimum Gasteiger partial charge on any atom is -0.462 e. The van der Waals surface area contributed by atoms with Gasteiger partial charge in [-0.1, -0.05) is 0 Å². The number of nitrogens with one attached hydrogen (secondary N) is 1. The van der Waals surface area contributed by atoms with Gasteiger partial charge in [-0.15, -0.1) is 11.6 Å². The van der Waals surface area contributed by atoms with E-state index in [1.54, 1.807) is 19.1 Å². The highest BCUT2D eigenvalue weighted by atomic mass is 127. The smallest absolute Gasteiger partial charge is 0.338 e. The van der Waals surface area contributed by atoms with Crippen molar-refractivity contribution < 1.29 is 14.6 Å². The lowest BCUT2D eigenvalue weighted by molar-refractivity contribution is 0.0526. The fourth-order valence-electron chi connectivity index (χ4n) is 1.35. The number of hydrogen-bond donors (Lipinski definition) is 2. The molecule has 0 fully saturated rings. The normalized spacial score (nSPS) is 12.1. The van der Waals surface area contributed by atoms with Gasteiger partial charge in [-0.25, -0.2) is 4.79 Å². The molecular formula is C12H14ClI2NO3. The van der Waals surface area contributed by atoms with Gasteiger partial charge in [0.05, 0.1) is 29.8 Å². The van der Waals surface area contributed by atoms with E-state index in [1.165, 1.54) is 0 Å². The van der Waals surface area contributed by atoms with Crippen LogP contribution in [0, 0.1) is 7.14 Å². The number of esters is 1. The summed E-state index contributed by atoms with van der Waals surface area (Å²) in [5.41, 5.74) is 1.41. The lowest BCUT2D eigenvalue weighted by Gasteiger charge is -2.14. The Bertz CT molecular complexity index is 434. The molecular weight excluding hydrogens is 495 g/mol. The molecule has 0 aromatic heterocycles. The molecule has 106 valence electrons. The summed E-state index contributed by atoms with van der Waals surface area (Å²) in [4.78, 5) is 11.7. The Morgan fingerprint density at radius 2 is 2.05 bits per heavy atom. The molecule has 0 aliphatic heterocycles. The van der Waals surface area contributed by atoms with Crippen molar-refractivity contribution in [2.45, 2.75) is 13.0 Å². The van der Waals surface area contributed by atoms with Crippen molar-refractivity contribution in [3.05, 3.63) is 24.8 Å². The van der Waals surface area contributed by atoms with E-state index in [0.29, 0.717) is 18.7 Å². The third-order valence-corrected chi connectivity index (χ3v) is 4.30. The quantitative estimate of drug-likeness (QED) is 0.352. The van der Waals surface area contributed by atoms with E-state index in [2.05, 4.69) is 50.5 Å². The Kier molecular flexibility index (Phi) is 7.70. The molecule has 2 N–H and O–H groups in total. The van der Waals surface area contributed by atoms with E-state index < -0.39 is 6.10 Å². The van der Waals surface area contributed by atoms with E-state index in [0.717, 1.165) is 12.8 Å². The molecule has 0 spiro atoms. The zero-order valence-electron chi connectivity index (χ0n) is 10.3. The largest absolute Gasteiger partial charge is 0.462 e. The number of ether oxygens (including phenoxy) is 1. The van der Waals surface area contributed by atoms with Crippen LogP contribution in [0.4, 0.5) is 5.69 Å². The van der Waals surface area contributed by atoms with Crippen LogP contribution in [0.2, 0.25) is 0 Å². The van der Waals surface area contributed by atoms with Gasteiger partial charge in [0.25, 0.3) is 0 Å². The van der Waals surface area contributed by atoms with Gasteiger partial charge in [0, 0.05) is 13.7 Å². The van der Waals surface area contributed by atoms with Crippen LogP contribution in [0.1, 0.15) is 17.3 Å². The number of benzene rings is 1. The van der Waals surface area contributed by atoms with Gasteiger partial charge in [-0.2, -0.15) is 0 Å². The van der Waals surface area contributed by atoms with Crippen LogP contribution in [0.25, 0.3) is 0 Å². The fraction of sp³-hybridized carbons (Fsp3) is 0.417. The first-order valence-electron chi connectivity index (χ1n) is 5.63. The Labute approximate surface area is 144 Å². The molecule has 0 heterocycles. The summed E-state index contributed by atoms with van der Waals surface area (Å²) >= 11 is 9.83. The van der Waals surface area contributed by atoms with Crippen molar-refractivity contribution >= 4 is 68.4 Å². The van der Waals surface area contributed by atoms with Crippen molar-refractivity contribution in [1.82, 2.24) is 0 Å². The summed E-state index contributed by atoms with van der Waals surface area (Å²) in [5, 5.41) is 12.6. The zero-order chi connectivity index (χ0) is 14.4. The van der Waals surface area contributed by atoms with E-state index in [4.69, 9.17) is 16.3 Å². The highest BCUT2D eigenvalue weighted by Crippen LogP contribution is 2.27. The number of carbonyl (C=O) groups is 1. The van der Waals surface area contributed by atoms with E-state index >= 15 is 0 Å². The molecule has 0 saturated heterocycles. The molecule has 0 amide bonds. The second kappa shape index (κ2) is 8.48. The number of aliphatic hydroxyl groups is 1. The predicted octanol–water partition coefficient (Wildman–Crippen LogP) is 3.08. The van der Waals surface area contributed by atoms with Crippen LogP contribution in [-0.2, 0) is 4.74 Å². The Morgan fingerprint density at radius 1 is 1.47 bits per heavy atom. The van der Waals surface area contributed by atoms with Crippen LogP contribution in [0.15, 0.2) is 12.1 Å². The molecule has 0 saturated carbocycles. The molecule has 1 aromatic rings. The van der Waals surface area contributed by atoms with E-state index in [1.807, 2.05) is 0 Å². The SMILES string of the molecule is CCOC(=O)c1cc(I)c(NCC(O)CCl)c(I)c1. The average Bonchev–Trinajstić information content (AvgIpc) is 2.37. The van der Waals surface area contributed by atoms with Crippen LogP contribution < -0.4 is 5.32 Å². The fourth-order valence-corrected chi connectivity index (χ4v) is 3.61. The van der Waals surface area contributed by atoms with Crippen molar-refractivity contribution in [2.24, 2.45) is 0 Å². The van der Waals surface area contributed by atoms with Crippen molar-refractivity contribution in [3.8, 4) is 0 Å². The number of rotatable bonds is 6. The predicted molar refractivity (Wildman–Crippen MR) is 93.0 cm³/mol. The van der Waals surface area contributed by atoms with Gasteiger partial charge in [0.2, 0.25) is 0 Å². The lowest BCUT2D eigenvalue weighted by Crippen LogP contribution is -2.21. The van der Waals surface area contributed by atoms with Crippen molar-refractivity contribution in [3.63, 3.8) is 0 Å². The van der Waals surface area contributed by atoms with Crippen LogP contribution in [-0.4, -0.2) is 36.2 Å². The van der Waals surface area contributed by atoms with Gasteiger partial charge in [0.1, 0.15) is 0 Å². The molecule has 1 rings (SSSR count). The van der Waals surface area contributed by atoms with Gasteiger partial charge in [0.15, 0.2) is 0 Å². The molecule has 1 unspecified atom stereocenters. The molecule has 1 aromatic carbocycles. The highest BCUT2D eigenvalue weighted by Gasteiger charge is 2.13. The first-order valence-corrected chi connectivity index (χ1v) is 8.32. The van der Waals surface area contributed by atoms with Crippen LogP contribution >= 0.6 is 56.8 Å². The highest BCUT2D eigenvalue weighted by molar-refractivity contribution is 14.1. The number of halogens is 3. The third kappa shape index (κ3) is 5.24. The van der Waals surface area contributed by atoms with Crippen molar-refractivity contribution in [1.29, 1.82) is 0 Å². The Morgan fingerprint density at radius 3 is 2.53 bits per heavy atom. The summed E-state index contributed by atoms with van der Waals surface area (Å²) in [6.45, 7) is 2.50. The standard InChI is InChI=1S/C12H14ClI2NO3/c1-2-19-12(18)7-3-9(14)11(10(15)4-7)16-6-8(17)5-13/h3-4,8,16-17H,2,5-6H2,1H3. The summed E-state index contributed by atoms with van der Waals surface area (Å²) < 4.78 is 6.76. The molecule has 19 heavy (non-hydrogen) atoms. The van der Waals surface area contributed by atoms with E-state index in [-0.39, 0.29) is 11.8 Å². The number of hydrogen-bond acceptors (Lipinski definition) is 4. The molecule has 1 atom stereocenters. The van der Waals surface area contributed by atoms with Gasteiger partial charge in [-0.3, -0.25) is 0 Å². The van der Waals surface area contributed by atoms with Crippen molar-refractivity contribution in [2.75, 3.05) is 24.3 Å². The van der Waals surface area contributed by atoms with Crippen LogP contribution in [0.5, 0.6) is 0 Å². The maximum atomic E-state index is 11.7. The molecule has 0 aliphatic carbocycles. The second-order valence-electron chi connectivity index (χ2n) is 3.72. The number of anilines is 1. The van der Waals surface area contributed by atoms with Crippen LogP contribution in [0.3, 0.4) is 0 Å². The summed E-state index contributed by atoms with van der Waals surface area (Å²) in [5.74, 6) is -0.146. The average molecular weight is 510 g/mol. The first-order chi connectivity index (χ1) is 8.99. The monoisotopic (exact) mass is 509 g/mol. The first kappa shape index (κ1) is 17.3. The number of alkyl halides is 1. The third-order valence-electron chi connectivity index (χ3n) is 2.25. The van der Waals surface area contributed by atoms with Gasteiger partial charge in [-0.05, 0) is 64.2 Å². The summed E-state index contributed by atoms with van der Waals surface area (Å²) in [6.07, 6.45) is -0.599. The Hall–Kier alpha value is 0.200. The van der Waals surface area contributed by atoms with E-state index in [9.17, 15) is 9.90 Å². The summed E-state index contributed by atoms with van der Waals surface area (Å²) in [6, 6.07) is 3.52. The minimum absolute atomic E-state index is 0.182. The topological polar surface area (TPSA) is 58.6 Å². The summed E-state index contributed by atoms with van der Waals surface area (Å²) in [7, 11) is 0. The zero-order valence-corrected chi connectivity index (χ0v) is 15.3. The minimum atomic E-state index is -0.599. The van der Waals surface area contributed by atoms with Gasteiger partial charge < -0.3 is 15.2 Å². The molecule has 0 bridgehead atoms. The molecule has 0 aliphatic rings. The van der Waals surface area contributed by atoms with Gasteiger partial charge >= 0.3 is 5.97 Å². The molecule has 7 heteroatoms. The second-order valence-corrected chi connectivity index (χ2v) is 6.36.